The van der Waals surface area contributed by atoms with Crippen LogP contribution < -0.4 is 10.2 Å². The first-order valence-electron chi connectivity index (χ1n) is 10.2. The number of aliphatic hydroxyl groups is 2. The number of fused-ring (bicyclic) bond motifs is 1. The predicted molar refractivity (Wildman–Crippen MR) is 119 cm³/mol. The van der Waals surface area contributed by atoms with Crippen LogP contribution in [0.2, 0.25) is 0 Å². The first-order valence-corrected chi connectivity index (χ1v) is 10.2. The van der Waals surface area contributed by atoms with Gasteiger partial charge in [0.1, 0.15) is 6.10 Å². The molecule has 0 saturated heterocycles. The van der Waals surface area contributed by atoms with Gasteiger partial charge in [-0.1, -0.05) is 36.4 Å². The zero-order valence-corrected chi connectivity index (χ0v) is 17.2. The van der Waals surface area contributed by atoms with Gasteiger partial charge in [0.05, 0.1) is 6.10 Å². The first-order chi connectivity index (χ1) is 15.0. The molecule has 6 heteroatoms. The summed E-state index contributed by atoms with van der Waals surface area (Å²) in [4.78, 5) is 27.3. The van der Waals surface area contributed by atoms with Crippen LogP contribution in [-0.4, -0.2) is 34.7 Å². The van der Waals surface area contributed by atoms with E-state index in [1.54, 1.807) is 59.5 Å². The maximum Gasteiger partial charge on any atom is 0.258 e. The van der Waals surface area contributed by atoms with Gasteiger partial charge >= 0.3 is 0 Å². The molecule has 0 fully saturated rings. The smallest absolute Gasteiger partial charge is 0.258 e. The van der Waals surface area contributed by atoms with E-state index in [1.807, 2.05) is 25.1 Å². The minimum absolute atomic E-state index is 0.207. The van der Waals surface area contributed by atoms with Crippen molar-refractivity contribution in [1.82, 2.24) is 0 Å². The van der Waals surface area contributed by atoms with Gasteiger partial charge in [-0.15, -0.1) is 0 Å². The number of nitrogens with one attached hydrogen (secondary N) is 1. The SMILES string of the molecule is Cc1ccccc1C(=O)Nc1ccc(C(=O)N2CC[C@@H](O)[C@@H](O)c3ccccc32)cc1. The monoisotopic (exact) mass is 416 g/mol. The molecule has 0 aliphatic carbocycles. The molecular weight excluding hydrogens is 392 g/mol. The number of aliphatic hydroxyl groups excluding tert-OH is 2. The molecule has 4 rings (SSSR count). The molecule has 1 heterocycles. The number of anilines is 2. The molecule has 3 aromatic rings. The van der Waals surface area contributed by atoms with Crippen molar-refractivity contribution in [3.05, 3.63) is 95.1 Å². The molecule has 0 saturated carbocycles. The van der Waals surface area contributed by atoms with Crippen LogP contribution in [0.1, 0.15) is 44.4 Å². The number of rotatable bonds is 3. The van der Waals surface area contributed by atoms with E-state index in [4.69, 9.17) is 0 Å². The number of aryl methyl sites for hydroxylation is 1. The Bertz CT molecular complexity index is 1110. The highest BCUT2D eigenvalue weighted by molar-refractivity contribution is 6.08. The maximum atomic E-state index is 13.2. The van der Waals surface area contributed by atoms with Gasteiger partial charge in [-0.3, -0.25) is 9.59 Å². The minimum atomic E-state index is -1.03. The number of hydrogen-bond acceptors (Lipinski definition) is 4. The molecule has 31 heavy (non-hydrogen) atoms. The molecule has 0 unspecified atom stereocenters. The summed E-state index contributed by atoms with van der Waals surface area (Å²) in [6, 6.07) is 21.1. The lowest BCUT2D eigenvalue weighted by molar-refractivity contribution is 0.0176. The number of nitrogens with zero attached hydrogens (tertiary/aromatic N) is 1. The third-order valence-electron chi connectivity index (χ3n) is 5.58. The molecule has 2 amide bonds. The summed E-state index contributed by atoms with van der Waals surface area (Å²) < 4.78 is 0. The van der Waals surface area contributed by atoms with Crippen molar-refractivity contribution in [2.75, 3.05) is 16.8 Å². The van der Waals surface area contributed by atoms with Crippen LogP contribution in [0, 0.1) is 6.92 Å². The second-order valence-electron chi connectivity index (χ2n) is 7.66. The molecule has 3 N–H and O–H groups in total. The maximum absolute atomic E-state index is 13.2. The van der Waals surface area contributed by atoms with Gasteiger partial charge in [0, 0.05) is 34.6 Å². The van der Waals surface area contributed by atoms with Crippen molar-refractivity contribution in [3.63, 3.8) is 0 Å². The molecule has 1 aliphatic rings. The summed E-state index contributed by atoms with van der Waals surface area (Å²) in [5, 5.41) is 23.4. The molecule has 3 aromatic carbocycles. The first kappa shape index (κ1) is 20.8. The normalized spacial score (nSPS) is 18.1. The molecule has 0 radical (unpaired) electrons. The minimum Gasteiger partial charge on any atom is -0.390 e. The van der Waals surface area contributed by atoms with E-state index in [0.29, 0.717) is 34.6 Å². The molecule has 0 bridgehead atoms. The largest absolute Gasteiger partial charge is 0.390 e. The second kappa shape index (κ2) is 8.71. The Balaban J connectivity index is 1.54. The van der Waals surface area contributed by atoms with E-state index in [0.717, 1.165) is 5.56 Å². The molecule has 6 nitrogen and oxygen atoms in total. The summed E-state index contributed by atoms with van der Waals surface area (Å²) in [7, 11) is 0. The molecule has 158 valence electrons. The lowest BCUT2D eigenvalue weighted by atomic mass is 10.0. The highest BCUT2D eigenvalue weighted by atomic mass is 16.3. The van der Waals surface area contributed by atoms with E-state index in [2.05, 4.69) is 5.32 Å². The number of carbonyl (C=O) groups excluding carboxylic acids is 2. The standard InChI is InChI=1S/C25H24N2O4/c1-16-6-2-3-7-19(16)24(30)26-18-12-10-17(11-13-18)25(31)27-15-14-22(28)23(29)20-8-4-5-9-21(20)27/h2-13,22-23,28-29H,14-15H2,1H3,(H,26,30)/t22-,23+/m1/s1. The van der Waals surface area contributed by atoms with Gasteiger partial charge in [-0.2, -0.15) is 0 Å². The summed E-state index contributed by atoms with van der Waals surface area (Å²) in [6.45, 7) is 2.17. The molecule has 2 atom stereocenters. The van der Waals surface area contributed by atoms with Crippen LogP contribution in [0.4, 0.5) is 11.4 Å². The van der Waals surface area contributed by atoms with Crippen molar-refractivity contribution in [1.29, 1.82) is 0 Å². The Morgan fingerprint density at radius 1 is 0.935 bits per heavy atom. The zero-order chi connectivity index (χ0) is 22.0. The Morgan fingerprint density at radius 2 is 1.61 bits per heavy atom. The van der Waals surface area contributed by atoms with Gasteiger partial charge < -0.3 is 20.4 Å². The van der Waals surface area contributed by atoms with Crippen molar-refractivity contribution in [3.8, 4) is 0 Å². The fourth-order valence-corrected chi connectivity index (χ4v) is 3.82. The summed E-state index contributed by atoms with van der Waals surface area (Å²) >= 11 is 0. The summed E-state index contributed by atoms with van der Waals surface area (Å²) in [5.41, 5.74) is 3.65. The average Bonchev–Trinajstić information content (AvgIpc) is 2.91. The fourth-order valence-electron chi connectivity index (χ4n) is 3.82. The van der Waals surface area contributed by atoms with Crippen molar-refractivity contribution >= 4 is 23.2 Å². The third kappa shape index (κ3) is 4.21. The van der Waals surface area contributed by atoms with E-state index >= 15 is 0 Å². The van der Waals surface area contributed by atoms with Crippen LogP contribution in [0.15, 0.2) is 72.8 Å². The van der Waals surface area contributed by atoms with Gasteiger partial charge in [0.2, 0.25) is 0 Å². The number of hydrogen-bond donors (Lipinski definition) is 3. The van der Waals surface area contributed by atoms with E-state index < -0.39 is 12.2 Å². The van der Waals surface area contributed by atoms with Gasteiger partial charge in [-0.05, 0) is 55.3 Å². The Hall–Kier alpha value is -3.48. The second-order valence-corrected chi connectivity index (χ2v) is 7.66. The number of benzene rings is 3. The van der Waals surface area contributed by atoms with Gasteiger partial charge in [-0.25, -0.2) is 0 Å². The molecular formula is C25H24N2O4. The number of para-hydroxylation sites is 1. The third-order valence-corrected chi connectivity index (χ3v) is 5.58. The Labute approximate surface area is 180 Å². The van der Waals surface area contributed by atoms with Crippen molar-refractivity contribution < 1.29 is 19.8 Å². The van der Waals surface area contributed by atoms with Crippen LogP contribution >= 0.6 is 0 Å². The lowest BCUT2D eigenvalue weighted by Crippen LogP contribution is -2.32. The van der Waals surface area contributed by atoms with E-state index in [1.165, 1.54) is 0 Å². The van der Waals surface area contributed by atoms with Crippen molar-refractivity contribution in [2.24, 2.45) is 0 Å². The molecule has 1 aliphatic heterocycles. The summed E-state index contributed by atoms with van der Waals surface area (Å²) in [5.74, 6) is -0.438. The van der Waals surface area contributed by atoms with Gasteiger partial charge in [0.15, 0.2) is 0 Å². The lowest BCUT2D eigenvalue weighted by Gasteiger charge is -2.23. The molecule has 0 spiro atoms. The molecule has 0 aromatic heterocycles. The zero-order valence-electron chi connectivity index (χ0n) is 17.2. The van der Waals surface area contributed by atoms with E-state index in [-0.39, 0.29) is 18.2 Å². The Morgan fingerprint density at radius 3 is 2.35 bits per heavy atom. The highest BCUT2D eigenvalue weighted by Gasteiger charge is 2.30. The van der Waals surface area contributed by atoms with Crippen LogP contribution in [0.5, 0.6) is 0 Å². The topological polar surface area (TPSA) is 89.9 Å². The predicted octanol–water partition coefficient (Wildman–Crippen LogP) is 3.69. The quantitative estimate of drug-likeness (QED) is 0.607. The van der Waals surface area contributed by atoms with Crippen LogP contribution in [-0.2, 0) is 0 Å². The summed E-state index contributed by atoms with van der Waals surface area (Å²) in [6.07, 6.45) is -1.70. The number of amides is 2. The Kier molecular flexibility index (Phi) is 5.84. The van der Waals surface area contributed by atoms with Crippen LogP contribution in [0.3, 0.4) is 0 Å². The average molecular weight is 416 g/mol. The number of carbonyl (C=O) groups is 2. The van der Waals surface area contributed by atoms with Gasteiger partial charge in [0.25, 0.3) is 11.8 Å². The van der Waals surface area contributed by atoms with E-state index in [9.17, 15) is 19.8 Å². The fraction of sp³-hybridized carbons (Fsp3) is 0.200. The highest BCUT2D eigenvalue weighted by Crippen LogP contribution is 2.33. The van der Waals surface area contributed by atoms with Crippen molar-refractivity contribution in [2.45, 2.75) is 25.6 Å². The van der Waals surface area contributed by atoms with Crippen LogP contribution in [0.25, 0.3) is 0 Å².